The Balaban J connectivity index is 1.80. The summed E-state index contributed by atoms with van der Waals surface area (Å²) in [6.07, 6.45) is 4.14. The monoisotopic (exact) mass is 293 g/mol. The summed E-state index contributed by atoms with van der Waals surface area (Å²) in [6.45, 7) is 5.91. The van der Waals surface area contributed by atoms with Gasteiger partial charge >= 0.3 is 0 Å². The predicted octanol–water partition coefficient (Wildman–Crippen LogP) is 3.22. The molecule has 1 aliphatic rings. The van der Waals surface area contributed by atoms with Gasteiger partial charge in [-0.3, -0.25) is 4.57 Å². The van der Waals surface area contributed by atoms with Crippen LogP contribution in [0.4, 0.5) is 0 Å². The number of nitrogens with zero attached hydrogens (tertiary/aromatic N) is 3. The van der Waals surface area contributed by atoms with Crippen molar-refractivity contribution in [2.75, 3.05) is 6.61 Å². The number of hydrogen-bond acceptors (Lipinski definition) is 5. The van der Waals surface area contributed by atoms with Crippen molar-refractivity contribution in [2.45, 2.75) is 49.7 Å². The molecule has 0 spiro atoms. The molecule has 0 saturated carbocycles. The van der Waals surface area contributed by atoms with Gasteiger partial charge in [0.1, 0.15) is 0 Å². The van der Waals surface area contributed by atoms with Crippen LogP contribution in [0.1, 0.15) is 26.7 Å². The van der Waals surface area contributed by atoms with Gasteiger partial charge in [0.15, 0.2) is 16.7 Å². The van der Waals surface area contributed by atoms with E-state index in [1.165, 1.54) is 0 Å². The molecule has 0 radical (unpaired) electrons. The smallest absolute Gasteiger partial charge is 0.200 e. The zero-order chi connectivity index (χ0) is 13.9. The van der Waals surface area contributed by atoms with E-state index < -0.39 is 0 Å². The van der Waals surface area contributed by atoms with Crippen molar-refractivity contribution in [3.8, 4) is 11.6 Å². The number of aromatic nitrogens is 3. The van der Waals surface area contributed by atoms with Gasteiger partial charge in [-0.25, -0.2) is 0 Å². The van der Waals surface area contributed by atoms with Crippen molar-refractivity contribution in [3.63, 3.8) is 0 Å². The second kappa shape index (κ2) is 6.01. The zero-order valence-corrected chi connectivity index (χ0v) is 12.6. The van der Waals surface area contributed by atoms with Crippen molar-refractivity contribution < 1.29 is 9.15 Å². The molecule has 0 bridgehead atoms. The Hall–Kier alpha value is -1.27. The van der Waals surface area contributed by atoms with Crippen LogP contribution in [0, 0.1) is 0 Å². The molecule has 20 heavy (non-hydrogen) atoms. The highest BCUT2D eigenvalue weighted by molar-refractivity contribution is 7.99. The third-order valence-electron chi connectivity index (χ3n) is 3.48. The Morgan fingerprint density at radius 3 is 3.05 bits per heavy atom. The largest absolute Gasteiger partial charge is 0.461 e. The molecule has 2 aromatic rings. The normalized spacial score (nSPS) is 23.1. The van der Waals surface area contributed by atoms with Gasteiger partial charge in [-0.05, 0) is 38.8 Å². The van der Waals surface area contributed by atoms with Crippen LogP contribution >= 0.6 is 11.8 Å². The van der Waals surface area contributed by atoms with Crippen LogP contribution in [-0.4, -0.2) is 32.7 Å². The predicted molar refractivity (Wildman–Crippen MR) is 77.7 cm³/mol. The minimum Gasteiger partial charge on any atom is -0.461 e. The van der Waals surface area contributed by atoms with Gasteiger partial charge in [0.2, 0.25) is 0 Å². The number of ether oxygens (including phenoxy) is 1. The Labute approximate surface area is 122 Å². The third kappa shape index (κ3) is 2.76. The number of rotatable bonds is 4. The average molecular weight is 293 g/mol. The molecule has 2 atom stereocenters. The summed E-state index contributed by atoms with van der Waals surface area (Å²) in [6, 6.07) is 3.79. The molecule has 0 amide bonds. The van der Waals surface area contributed by atoms with Crippen molar-refractivity contribution >= 4 is 11.8 Å². The lowest BCUT2D eigenvalue weighted by Gasteiger charge is -2.26. The topological polar surface area (TPSA) is 53.1 Å². The van der Waals surface area contributed by atoms with E-state index in [0.717, 1.165) is 42.7 Å². The van der Waals surface area contributed by atoms with E-state index in [1.54, 1.807) is 18.0 Å². The van der Waals surface area contributed by atoms with Gasteiger partial charge in [-0.2, -0.15) is 0 Å². The first-order chi connectivity index (χ1) is 9.78. The van der Waals surface area contributed by atoms with E-state index in [4.69, 9.17) is 9.15 Å². The third-order valence-corrected chi connectivity index (χ3v) is 4.76. The standard InChI is InChI=1S/C14H19N3O2S/c1-3-17-13(12-5-4-7-19-12)15-16-14(17)20-11-6-8-18-10(2)9-11/h4-5,7,10-11H,3,6,8-9H2,1-2H3/t10-,11+/m0/s1. The second-order valence-corrected chi connectivity index (χ2v) is 6.24. The highest BCUT2D eigenvalue weighted by Gasteiger charge is 2.24. The van der Waals surface area contributed by atoms with E-state index in [2.05, 4.69) is 28.6 Å². The fourth-order valence-corrected chi connectivity index (χ4v) is 3.77. The first-order valence-corrected chi connectivity index (χ1v) is 7.91. The van der Waals surface area contributed by atoms with Crippen LogP contribution in [0.5, 0.6) is 0 Å². The van der Waals surface area contributed by atoms with E-state index in [9.17, 15) is 0 Å². The van der Waals surface area contributed by atoms with E-state index >= 15 is 0 Å². The fourth-order valence-electron chi connectivity index (χ4n) is 2.46. The Morgan fingerprint density at radius 1 is 1.45 bits per heavy atom. The molecular formula is C14H19N3O2S. The highest BCUT2D eigenvalue weighted by Crippen LogP contribution is 2.32. The molecule has 108 valence electrons. The first-order valence-electron chi connectivity index (χ1n) is 7.03. The Morgan fingerprint density at radius 2 is 2.35 bits per heavy atom. The van der Waals surface area contributed by atoms with E-state index in [0.29, 0.717) is 11.4 Å². The van der Waals surface area contributed by atoms with Crippen LogP contribution in [0.2, 0.25) is 0 Å². The molecule has 1 saturated heterocycles. The first kappa shape index (κ1) is 13.7. The Kier molecular flexibility index (Phi) is 4.12. The summed E-state index contributed by atoms with van der Waals surface area (Å²) in [5, 5.41) is 10.1. The number of hydrogen-bond donors (Lipinski definition) is 0. The number of furan rings is 1. The van der Waals surface area contributed by atoms with Crippen LogP contribution < -0.4 is 0 Å². The van der Waals surface area contributed by atoms with Gasteiger partial charge in [-0.1, -0.05) is 11.8 Å². The molecule has 1 aliphatic heterocycles. The summed E-state index contributed by atoms with van der Waals surface area (Å²) >= 11 is 1.81. The molecule has 3 heterocycles. The van der Waals surface area contributed by atoms with Gasteiger partial charge in [-0.15, -0.1) is 10.2 Å². The van der Waals surface area contributed by atoms with Gasteiger partial charge in [0.25, 0.3) is 0 Å². The van der Waals surface area contributed by atoms with Gasteiger partial charge in [0, 0.05) is 18.4 Å². The molecule has 1 fully saturated rings. The van der Waals surface area contributed by atoms with Crippen molar-refractivity contribution in [3.05, 3.63) is 18.4 Å². The molecule has 0 unspecified atom stereocenters. The maximum atomic E-state index is 5.60. The van der Waals surface area contributed by atoms with E-state index in [1.807, 2.05) is 12.1 Å². The summed E-state index contributed by atoms with van der Waals surface area (Å²) < 4.78 is 13.1. The summed E-state index contributed by atoms with van der Waals surface area (Å²) in [4.78, 5) is 0. The average Bonchev–Trinajstić information content (AvgIpc) is 3.07. The van der Waals surface area contributed by atoms with Crippen molar-refractivity contribution in [1.82, 2.24) is 14.8 Å². The lowest BCUT2D eigenvalue weighted by Crippen LogP contribution is -2.25. The summed E-state index contributed by atoms with van der Waals surface area (Å²) in [7, 11) is 0. The fraction of sp³-hybridized carbons (Fsp3) is 0.571. The number of thioether (sulfide) groups is 1. The lowest BCUT2D eigenvalue weighted by atomic mass is 10.1. The van der Waals surface area contributed by atoms with Gasteiger partial charge in [0.05, 0.1) is 12.4 Å². The van der Waals surface area contributed by atoms with Gasteiger partial charge < -0.3 is 9.15 Å². The minimum atomic E-state index is 0.337. The molecule has 2 aromatic heterocycles. The molecule has 0 N–H and O–H groups in total. The highest BCUT2D eigenvalue weighted by atomic mass is 32.2. The lowest BCUT2D eigenvalue weighted by molar-refractivity contribution is 0.0314. The molecule has 0 aromatic carbocycles. The van der Waals surface area contributed by atoms with Crippen LogP contribution in [0.25, 0.3) is 11.6 Å². The second-order valence-electron chi connectivity index (χ2n) is 4.97. The summed E-state index contributed by atoms with van der Waals surface area (Å²) in [5.41, 5.74) is 0. The quantitative estimate of drug-likeness (QED) is 0.866. The zero-order valence-electron chi connectivity index (χ0n) is 11.8. The maximum Gasteiger partial charge on any atom is 0.200 e. The molecular weight excluding hydrogens is 274 g/mol. The van der Waals surface area contributed by atoms with Crippen molar-refractivity contribution in [1.29, 1.82) is 0 Å². The van der Waals surface area contributed by atoms with Crippen LogP contribution in [0.15, 0.2) is 28.0 Å². The molecule has 0 aliphatic carbocycles. The molecule has 3 rings (SSSR count). The Bertz CT molecular complexity index is 553. The van der Waals surface area contributed by atoms with Crippen LogP contribution in [0.3, 0.4) is 0 Å². The molecule has 6 heteroatoms. The van der Waals surface area contributed by atoms with E-state index in [-0.39, 0.29) is 0 Å². The maximum absolute atomic E-state index is 5.60. The summed E-state index contributed by atoms with van der Waals surface area (Å²) in [5.74, 6) is 1.58. The van der Waals surface area contributed by atoms with Crippen molar-refractivity contribution in [2.24, 2.45) is 0 Å². The van der Waals surface area contributed by atoms with Crippen LogP contribution in [-0.2, 0) is 11.3 Å². The minimum absolute atomic E-state index is 0.337. The molecule has 5 nitrogen and oxygen atoms in total. The SMILES string of the molecule is CCn1c(S[C@@H]2CCO[C@@H](C)C2)nnc1-c1ccco1.